The number of esters is 1. The van der Waals surface area contributed by atoms with Gasteiger partial charge in [0.05, 0.1) is 13.2 Å². The van der Waals surface area contributed by atoms with Crippen LogP contribution in [-0.4, -0.2) is 35.3 Å². The average Bonchev–Trinajstić information content (AvgIpc) is 3.55. The molecule has 0 radical (unpaired) electrons. The van der Waals surface area contributed by atoms with Crippen molar-refractivity contribution in [3.8, 4) is 11.1 Å². The van der Waals surface area contributed by atoms with Gasteiger partial charge in [0, 0.05) is 5.02 Å². The molecule has 2 aromatic rings. The third-order valence-electron chi connectivity index (χ3n) is 3.94. The Bertz CT molecular complexity index is 621. The van der Waals surface area contributed by atoms with Gasteiger partial charge in [-0.1, -0.05) is 74.3 Å². The van der Waals surface area contributed by atoms with Gasteiger partial charge in [-0.3, -0.25) is 10.5 Å². The third kappa shape index (κ3) is 8.40. The molecule has 2 N–H and O–H groups in total. The van der Waals surface area contributed by atoms with Gasteiger partial charge in [-0.15, -0.1) is 0 Å². The highest BCUT2D eigenvalue weighted by Gasteiger charge is 2.51. The van der Waals surface area contributed by atoms with Gasteiger partial charge in [-0.25, -0.2) is 4.79 Å². The van der Waals surface area contributed by atoms with Crippen LogP contribution in [0, 0.1) is 6.92 Å². The molecule has 156 valence electrons. The van der Waals surface area contributed by atoms with Crippen molar-refractivity contribution in [1.29, 1.82) is 0 Å². The Morgan fingerprint density at radius 3 is 1.82 bits per heavy atom. The number of carbonyl (C=O) groups excluding carboxylic acids is 1. The van der Waals surface area contributed by atoms with E-state index in [0.717, 1.165) is 5.02 Å². The van der Waals surface area contributed by atoms with Crippen molar-refractivity contribution in [2.75, 3.05) is 13.2 Å². The summed E-state index contributed by atoms with van der Waals surface area (Å²) in [6.07, 6.45) is 0.714. The molecule has 0 saturated carbocycles. The van der Waals surface area contributed by atoms with Crippen LogP contribution in [0.3, 0.4) is 0 Å². The van der Waals surface area contributed by atoms with Crippen molar-refractivity contribution in [1.82, 2.24) is 0 Å². The lowest BCUT2D eigenvalue weighted by Crippen LogP contribution is -2.25. The molecule has 5 nitrogen and oxygen atoms in total. The Hall–Kier alpha value is -1.92. The molecule has 6 heteroatoms. The average molecular weight is 411 g/mol. The highest BCUT2D eigenvalue weighted by molar-refractivity contribution is 6.30. The predicted octanol–water partition coefficient (Wildman–Crippen LogP) is 6.09. The SMILES string of the molecule is CC.CCOC(=O)C1(CC)CO1.Cc1ccc(-c2ccc(Cl)cc2)cc1.OO. The fourth-order valence-electron chi connectivity index (χ4n) is 2.20. The second-order valence-electron chi connectivity index (χ2n) is 5.73. The molecular formula is C22H31ClO5. The lowest BCUT2D eigenvalue weighted by molar-refractivity contribution is -0.176. The molecule has 28 heavy (non-hydrogen) atoms. The van der Waals surface area contributed by atoms with E-state index in [0.29, 0.717) is 19.6 Å². The van der Waals surface area contributed by atoms with E-state index in [9.17, 15) is 4.79 Å². The van der Waals surface area contributed by atoms with Gasteiger partial charge in [-0.05, 0) is 43.5 Å². The van der Waals surface area contributed by atoms with Crippen molar-refractivity contribution >= 4 is 17.6 Å². The van der Waals surface area contributed by atoms with E-state index in [1.54, 1.807) is 6.92 Å². The van der Waals surface area contributed by atoms with Crippen molar-refractivity contribution in [2.45, 2.75) is 46.6 Å². The second kappa shape index (κ2) is 14.1. The van der Waals surface area contributed by atoms with Crippen LogP contribution in [0.5, 0.6) is 0 Å². The molecule has 1 aliphatic heterocycles. The first kappa shape index (κ1) is 26.1. The fraction of sp³-hybridized carbons (Fsp3) is 0.409. The molecule has 1 unspecified atom stereocenters. The number of ether oxygens (including phenoxy) is 2. The number of carbonyl (C=O) groups is 1. The molecule has 1 fully saturated rings. The summed E-state index contributed by atoms with van der Waals surface area (Å²) in [5, 5.41) is 12.8. The van der Waals surface area contributed by atoms with Crippen LogP contribution in [-0.2, 0) is 14.3 Å². The fourth-order valence-corrected chi connectivity index (χ4v) is 2.33. The van der Waals surface area contributed by atoms with E-state index in [2.05, 4.69) is 31.2 Å². The second-order valence-corrected chi connectivity index (χ2v) is 6.17. The quantitative estimate of drug-likeness (QED) is 0.276. The number of rotatable bonds is 4. The topological polar surface area (TPSA) is 79.3 Å². The van der Waals surface area contributed by atoms with Gasteiger partial charge in [0.1, 0.15) is 0 Å². The summed E-state index contributed by atoms with van der Waals surface area (Å²) < 4.78 is 9.78. The highest BCUT2D eigenvalue weighted by Crippen LogP contribution is 2.31. The number of aryl methyl sites for hydroxylation is 1. The maximum Gasteiger partial charge on any atom is 0.340 e. The van der Waals surface area contributed by atoms with Crippen molar-refractivity contribution in [3.05, 3.63) is 59.1 Å². The van der Waals surface area contributed by atoms with Gasteiger partial charge < -0.3 is 9.47 Å². The number of benzene rings is 2. The molecule has 1 aliphatic rings. The zero-order valence-corrected chi connectivity index (χ0v) is 18.0. The molecule has 0 bridgehead atoms. The van der Waals surface area contributed by atoms with Crippen LogP contribution in [0.25, 0.3) is 11.1 Å². The third-order valence-corrected chi connectivity index (χ3v) is 4.19. The van der Waals surface area contributed by atoms with Gasteiger partial charge in [0.15, 0.2) is 5.60 Å². The summed E-state index contributed by atoms with van der Waals surface area (Å²) in [5.74, 6) is -0.211. The first-order valence-electron chi connectivity index (χ1n) is 9.34. The Labute approximate surface area is 172 Å². The number of halogens is 1. The zero-order chi connectivity index (χ0) is 21.6. The van der Waals surface area contributed by atoms with Crippen LogP contribution < -0.4 is 0 Å². The van der Waals surface area contributed by atoms with Crippen molar-refractivity contribution in [2.24, 2.45) is 0 Å². The van der Waals surface area contributed by atoms with E-state index in [1.165, 1.54) is 16.7 Å². The van der Waals surface area contributed by atoms with Gasteiger partial charge in [0.25, 0.3) is 0 Å². The summed E-state index contributed by atoms with van der Waals surface area (Å²) in [5.41, 5.74) is 3.15. The molecule has 1 atom stereocenters. The molecule has 3 rings (SSSR count). The van der Waals surface area contributed by atoms with Crippen LogP contribution in [0.1, 0.15) is 39.7 Å². The number of epoxide rings is 1. The van der Waals surface area contributed by atoms with Crippen LogP contribution in [0.4, 0.5) is 0 Å². The van der Waals surface area contributed by atoms with Gasteiger partial charge in [0.2, 0.25) is 0 Å². The minimum absolute atomic E-state index is 0.211. The minimum atomic E-state index is -0.560. The standard InChI is InChI=1S/C13H11Cl.C7H12O3.C2H6.H2O2/c1-10-2-4-11(5-3-10)12-6-8-13(14)9-7-12;1-3-7(5-10-7)6(8)9-4-2;2*1-2/h2-9H,1H3;3-5H2,1-2H3;1-2H3;1-2H. The monoisotopic (exact) mass is 410 g/mol. The maximum absolute atomic E-state index is 11.0. The first-order chi connectivity index (χ1) is 13.5. The largest absolute Gasteiger partial charge is 0.464 e. The molecule has 1 heterocycles. The van der Waals surface area contributed by atoms with E-state index >= 15 is 0 Å². The molecule has 1 saturated heterocycles. The van der Waals surface area contributed by atoms with Gasteiger partial charge in [-0.2, -0.15) is 0 Å². The Morgan fingerprint density at radius 1 is 1.04 bits per heavy atom. The smallest absolute Gasteiger partial charge is 0.340 e. The van der Waals surface area contributed by atoms with E-state index in [4.69, 9.17) is 31.6 Å². The predicted molar refractivity (Wildman–Crippen MR) is 114 cm³/mol. The summed E-state index contributed by atoms with van der Waals surface area (Å²) in [7, 11) is 0. The normalized spacial score (nSPS) is 16.1. The Kier molecular flexibility index (Phi) is 13.2. The molecule has 0 amide bonds. The first-order valence-corrected chi connectivity index (χ1v) is 9.72. The van der Waals surface area contributed by atoms with Gasteiger partial charge >= 0.3 is 5.97 Å². The molecule has 0 aliphatic carbocycles. The number of hydrogen-bond donors (Lipinski definition) is 2. The van der Waals surface area contributed by atoms with Crippen LogP contribution >= 0.6 is 11.6 Å². The summed E-state index contributed by atoms with van der Waals surface area (Å²) >= 11 is 5.82. The number of hydrogen-bond acceptors (Lipinski definition) is 5. The van der Waals surface area contributed by atoms with E-state index < -0.39 is 5.60 Å². The Balaban J connectivity index is 0.000000460. The Morgan fingerprint density at radius 2 is 1.46 bits per heavy atom. The lowest BCUT2D eigenvalue weighted by Gasteiger charge is -2.06. The van der Waals surface area contributed by atoms with Crippen molar-refractivity contribution < 1.29 is 24.8 Å². The zero-order valence-electron chi connectivity index (χ0n) is 17.2. The van der Waals surface area contributed by atoms with Crippen LogP contribution in [0.15, 0.2) is 48.5 Å². The molecule has 0 aromatic heterocycles. The summed E-state index contributed by atoms with van der Waals surface area (Å²) in [6.45, 7) is 10.8. The lowest BCUT2D eigenvalue weighted by atomic mass is 10.0. The van der Waals surface area contributed by atoms with E-state index in [-0.39, 0.29) is 5.97 Å². The maximum atomic E-state index is 11.0. The van der Waals surface area contributed by atoms with E-state index in [1.807, 2.05) is 45.0 Å². The summed E-state index contributed by atoms with van der Waals surface area (Å²) in [6, 6.07) is 16.4. The molecule has 0 spiro atoms. The van der Waals surface area contributed by atoms with Crippen molar-refractivity contribution in [3.63, 3.8) is 0 Å². The molecule has 2 aromatic carbocycles. The minimum Gasteiger partial charge on any atom is -0.464 e. The van der Waals surface area contributed by atoms with Crippen LogP contribution in [0.2, 0.25) is 5.02 Å². The summed E-state index contributed by atoms with van der Waals surface area (Å²) in [4.78, 5) is 11.0. The molecular weight excluding hydrogens is 380 g/mol. The highest BCUT2D eigenvalue weighted by atomic mass is 35.5.